The Balaban J connectivity index is 1.78. The normalized spacial score (nSPS) is 11.3. The quantitative estimate of drug-likeness (QED) is 0.409. The van der Waals surface area contributed by atoms with Gasteiger partial charge in [0.2, 0.25) is 0 Å². The van der Waals surface area contributed by atoms with Gasteiger partial charge in [-0.3, -0.25) is 9.52 Å². The van der Waals surface area contributed by atoms with Crippen LogP contribution < -0.4 is 19.6 Å². The van der Waals surface area contributed by atoms with Crippen LogP contribution >= 0.6 is 11.3 Å². The van der Waals surface area contributed by atoms with Crippen molar-refractivity contribution in [3.63, 3.8) is 0 Å². The molecule has 0 aliphatic carbocycles. The zero-order valence-electron chi connectivity index (χ0n) is 16.2. The second-order valence-corrected chi connectivity index (χ2v) is 8.72. The first-order valence-electron chi connectivity index (χ1n) is 8.66. The highest BCUT2D eigenvalue weighted by Gasteiger charge is 2.19. The zero-order valence-corrected chi connectivity index (χ0v) is 17.8. The van der Waals surface area contributed by atoms with E-state index in [1.54, 1.807) is 41.8 Å². The number of carbonyl (C=O) groups is 1. The molecule has 0 bridgehead atoms. The van der Waals surface area contributed by atoms with Crippen LogP contribution in [0.15, 0.2) is 69.3 Å². The number of thiophene rings is 1. The molecule has 0 saturated carbocycles. The number of sulfonamides is 1. The van der Waals surface area contributed by atoms with Crippen molar-refractivity contribution < 1.29 is 22.7 Å². The molecule has 2 N–H and O–H groups in total. The van der Waals surface area contributed by atoms with Crippen molar-refractivity contribution in [1.29, 1.82) is 0 Å². The molecule has 0 atom stereocenters. The molecule has 10 heteroatoms. The van der Waals surface area contributed by atoms with Crippen LogP contribution in [0, 0.1) is 0 Å². The van der Waals surface area contributed by atoms with Crippen LogP contribution in [0.25, 0.3) is 0 Å². The Morgan fingerprint density at radius 1 is 1.03 bits per heavy atom. The Labute approximate surface area is 178 Å². The summed E-state index contributed by atoms with van der Waals surface area (Å²) in [7, 11) is -0.760. The summed E-state index contributed by atoms with van der Waals surface area (Å²) in [6.07, 6.45) is 1.41. The van der Waals surface area contributed by atoms with Crippen LogP contribution in [0.4, 0.5) is 5.69 Å². The van der Waals surface area contributed by atoms with Crippen LogP contribution in [0.2, 0.25) is 0 Å². The fourth-order valence-electron chi connectivity index (χ4n) is 2.62. The van der Waals surface area contributed by atoms with E-state index in [0.717, 1.165) is 11.3 Å². The minimum atomic E-state index is -3.79. The molecule has 1 heterocycles. The number of anilines is 1. The highest BCUT2D eigenvalue weighted by Crippen LogP contribution is 2.29. The number of para-hydroxylation sites is 2. The van der Waals surface area contributed by atoms with Crippen molar-refractivity contribution in [3.8, 4) is 11.5 Å². The SMILES string of the molecule is COc1cccc(/C=N\NC(=O)c2ccccc2NS(=O)(=O)c2cccs2)c1OC. The van der Waals surface area contributed by atoms with Crippen molar-refractivity contribution in [2.45, 2.75) is 4.21 Å². The molecule has 0 fully saturated rings. The summed E-state index contributed by atoms with van der Waals surface area (Å²) in [5.41, 5.74) is 3.28. The second kappa shape index (κ2) is 9.42. The lowest BCUT2D eigenvalue weighted by molar-refractivity contribution is 0.0956. The third kappa shape index (κ3) is 4.78. The summed E-state index contributed by atoms with van der Waals surface area (Å²) in [5.74, 6) is 0.431. The molecule has 0 aliphatic heterocycles. The van der Waals surface area contributed by atoms with E-state index in [9.17, 15) is 13.2 Å². The number of hydrogen-bond donors (Lipinski definition) is 2. The zero-order chi connectivity index (χ0) is 21.6. The number of methoxy groups -OCH3 is 2. The van der Waals surface area contributed by atoms with Gasteiger partial charge in [0.05, 0.1) is 31.7 Å². The summed E-state index contributed by atoms with van der Waals surface area (Å²) < 4.78 is 38.1. The van der Waals surface area contributed by atoms with Crippen molar-refractivity contribution in [2.75, 3.05) is 18.9 Å². The van der Waals surface area contributed by atoms with E-state index >= 15 is 0 Å². The van der Waals surface area contributed by atoms with Gasteiger partial charge >= 0.3 is 0 Å². The minimum absolute atomic E-state index is 0.132. The first-order chi connectivity index (χ1) is 14.5. The van der Waals surface area contributed by atoms with Gasteiger partial charge in [-0.05, 0) is 35.7 Å². The number of benzene rings is 2. The number of ether oxygens (including phenoxy) is 2. The lowest BCUT2D eigenvalue weighted by Crippen LogP contribution is -2.21. The van der Waals surface area contributed by atoms with Gasteiger partial charge in [-0.15, -0.1) is 11.3 Å². The maximum absolute atomic E-state index is 12.6. The van der Waals surface area contributed by atoms with Crippen molar-refractivity contribution in [3.05, 3.63) is 71.1 Å². The lowest BCUT2D eigenvalue weighted by atomic mass is 10.2. The van der Waals surface area contributed by atoms with E-state index in [4.69, 9.17) is 9.47 Å². The van der Waals surface area contributed by atoms with Gasteiger partial charge in [-0.2, -0.15) is 5.10 Å². The van der Waals surface area contributed by atoms with E-state index in [0.29, 0.717) is 17.1 Å². The molecular weight excluding hydrogens is 426 g/mol. The van der Waals surface area contributed by atoms with Crippen LogP contribution in [0.1, 0.15) is 15.9 Å². The average Bonchev–Trinajstić information content (AvgIpc) is 3.29. The van der Waals surface area contributed by atoms with Gasteiger partial charge in [-0.25, -0.2) is 13.8 Å². The summed E-state index contributed by atoms with van der Waals surface area (Å²) >= 11 is 1.08. The summed E-state index contributed by atoms with van der Waals surface area (Å²) in [5, 5.41) is 5.62. The Morgan fingerprint density at radius 3 is 2.53 bits per heavy atom. The van der Waals surface area contributed by atoms with E-state index in [2.05, 4.69) is 15.2 Å². The van der Waals surface area contributed by atoms with Gasteiger partial charge in [0, 0.05) is 5.56 Å². The monoisotopic (exact) mass is 445 g/mol. The highest BCUT2D eigenvalue weighted by molar-refractivity contribution is 7.94. The predicted octanol–water partition coefficient (Wildman–Crippen LogP) is 3.33. The van der Waals surface area contributed by atoms with Gasteiger partial charge < -0.3 is 9.47 Å². The Morgan fingerprint density at radius 2 is 1.83 bits per heavy atom. The number of carbonyl (C=O) groups excluding carboxylic acids is 1. The molecule has 1 amide bonds. The fraction of sp³-hybridized carbons (Fsp3) is 0.100. The molecule has 30 heavy (non-hydrogen) atoms. The smallest absolute Gasteiger partial charge is 0.273 e. The van der Waals surface area contributed by atoms with Crippen molar-refractivity contribution in [2.24, 2.45) is 5.10 Å². The van der Waals surface area contributed by atoms with Gasteiger partial charge in [-0.1, -0.05) is 24.3 Å². The molecule has 1 aromatic heterocycles. The standard InChI is InChI=1S/C20H19N3O5S2/c1-27-17-10-5-7-14(19(17)28-2)13-21-22-20(24)15-8-3-4-9-16(15)23-30(25,26)18-11-6-12-29-18/h3-13,23H,1-2H3,(H,22,24)/b21-13-. The Bertz CT molecular complexity index is 1160. The first-order valence-corrected chi connectivity index (χ1v) is 11.0. The third-order valence-corrected chi connectivity index (χ3v) is 6.74. The molecule has 3 rings (SSSR count). The molecule has 0 spiro atoms. The fourth-order valence-corrected chi connectivity index (χ4v) is 4.69. The number of hydrogen-bond acceptors (Lipinski definition) is 7. The number of amides is 1. The molecule has 3 aromatic rings. The van der Waals surface area contributed by atoms with Crippen LogP contribution in [-0.4, -0.2) is 34.8 Å². The predicted molar refractivity (Wildman–Crippen MR) is 116 cm³/mol. The van der Waals surface area contributed by atoms with Crippen LogP contribution in [0.3, 0.4) is 0 Å². The van der Waals surface area contributed by atoms with E-state index in [1.807, 2.05) is 0 Å². The molecule has 0 unspecified atom stereocenters. The number of rotatable bonds is 8. The Kier molecular flexibility index (Phi) is 6.70. The van der Waals surface area contributed by atoms with Crippen molar-refractivity contribution >= 4 is 39.2 Å². The number of hydrazone groups is 1. The maximum atomic E-state index is 12.6. The maximum Gasteiger partial charge on any atom is 0.273 e. The first kappa shape index (κ1) is 21.3. The van der Waals surface area contributed by atoms with E-state index in [-0.39, 0.29) is 15.5 Å². The largest absolute Gasteiger partial charge is 0.493 e. The highest BCUT2D eigenvalue weighted by atomic mass is 32.2. The third-order valence-electron chi connectivity index (χ3n) is 3.98. The number of nitrogens with zero attached hydrogens (tertiary/aromatic N) is 1. The van der Waals surface area contributed by atoms with Crippen molar-refractivity contribution in [1.82, 2.24) is 5.43 Å². The summed E-state index contributed by atoms with van der Waals surface area (Å²) in [6, 6.07) is 14.7. The lowest BCUT2D eigenvalue weighted by Gasteiger charge is -2.11. The minimum Gasteiger partial charge on any atom is -0.493 e. The van der Waals surface area contributed by atoms with Crippen LogP contribution in [-0.2, 0) is 10.0 Å². The molecule has 0 radical (unpaired) electrons. The molecule has 156 valence electrons. The summed E-state index contributed by atoms with van der Waals surface area (Å²) in [6.45, 7) is 0. The van der Waals surface area contributed by atoms with Gasteiger partial charge in [0.15, 0.2) is 11.5 Å². The van der Waals surface area contributed by atoms with Gasteiger partial charge in [0.25, 0.3) is 15.9 Å². The Hall–Kier alpha value is -3.37. The number of nitrogens with one attached hydrogen (secondary N) is 2. The molecule has 8 nitrogen and oxygen atoms in total. The molecule has 2 aromatic carbocycles. The summed E-state index contributed by atoms with van der Waals surface area (Å²) in [4.78, 5) is 12.6. The van der Waals surface area contributed by atoms with E-state index < -0.39 is 15.9 Å². The van der Waals surface area contributed by atoms with Gasteiger partial charge in [0.1, 0.15) is 4.21 Å². The molecule has 0 aliphatic rings. The topological polar surface area (TPSA) is 106 Å². The molecular formula is C20H19N3O5S2. The van der Waals surface area contributed by atoms with E-state index in [1.165, 1.54) is 38.6 Å². The second-order valence-electron chi connectivity index (χ2n) is 5.87. The molecule has 0 saturated heterocycles. The average molecular weight is 446 g/mol. The van der Waals surface area contributed by atoms with Crippen LogP contribution in [0.5, 0.6) is 11.5 Å².